The highest BCUT2D eigenvalue weighted by Crippen LogP contribution is 2.22. The molecule has 1 aromatic rings. The van der Waals surface area contributed by atoms with Gasteiger partial charge < -0.3 is 16.2 Å². The molecule has 0 aliphatic heterocycles. The van der Waals surface area contributed by atoms with Crippen LogP contribution in [-0.2, 0) is 6.42 Å². The van der Waals surface area contributed by atoms with E-state index in [-0.39, 0.29) is 18.0 Å². The van der Waals surface area contributed by atoms with Gasteiger partial charge in [-0.05, 0) is 18.3 Å². The third kappa shape index (κ3) is 4.83. The molecule has 18 heavy (non-hydrogen) atoms. The summed E-state index contributed by atoms with van der Waals surface area (Å²) in [4.78, 5) is 12.4. The van der Waals surface area contributed by atoms with Crippen LogP contribution in [0.3, 0.4) is 0 Å². The highest BCUT2D eigenvalue weighted by atomic mass is 16.2. The minimum atomic E-state index is 0.0799. The SMILES string of the molecule is CCc1nc(N)nc(NCC(C)(C)CCCO)n1. The Morgan fingerprint density at radius 2 is 2.00 bits per heavy atom. The molecule has 0 atom stereocenters. The van der Waals surface area contributed by atoms with E-state index in [1.807, 2.05) is 6.92 Å². The van der Waals surface area contributed by atoms with Crippen LogP contribution in [-0.4, -0.2) is 33.2 Å². The minimum Gasteiger partial charge on any atom is -0.396 e. The molecule has 0 amide bonds. The van der Waals surface area contributed by atoms with Gasteiger partial charge >= 0.3 is 0 Å². The summed E-state index contributed by atoms with van der Waals surface area (Å²) >= 11 is 0. The van der Waals surface area contributed by atoms with Crippen molar-refractivity contribution in [1.82, 2.24) is 15.0 Å². The van der Waals surface area contributed by atoms with E-state index in [2.05, 4.69) is 34.1 Å². The monoisotopic (exact) mass is 253 g/mol. The lowest BCUT2D eigenvalue weighted by Crippen LogP contribution is -2.24. The number of aliphatic hydroxyl groups excluding tert-OH is 1. The average Bonchev–Trinajstić information content (AvgIpc) is 2.33. The number of nitrogen functional groups attached to an aromatic ring is 1. The molecule has 102 valence electrons. The van der Waals surface area contributed by atoms with Gasteiger partial charge in [0.15, 0.2) is 0 Å². The van der Waals surface area contributed by atoms with Gasteiger partial charge in [-0.15, -0.1) is 0 Å². The summed E-state index contributed by atoms with van der Waals surface area (Å²) in [6, 6.07) is 0. The molecule has 0 saturated heterocycles. The van der Waals surface area contributed by atoms with Crippen molar-refractivity contribution in [2.45, 2.75) is 40.0 Å². The van der Waals surface area contributed by atoms with Gasteiger partial charge in [0, 0.05) is 19.6 Å². The molecule has 0 unspecified atom stereocenters. The van der Waals surface area contributed by atoms with Crippen molar-refractivity contribution >= 4 is 11.9 Å². The Hall–Kier alpha value is -1.43. The van der Waals surface area contributed by atoms with E-state index in [1.54, 1.807) is 0 Å². The van der Waals surface area contributed by atoms with E-state index < -0.39 is 0 Å². The number of anilines is 2. The standard InChI is InChI=1S/C12H23N5O/c1-4-9-15-10(13)17-11(16-9)14-8-12(2,3)6-5-7-18/h18H,4-8H2,1-3H3,(H3,13,14,15,16,17). The minimum absolute atomic E-state index is 0.0799. The van der Waals surface area contributed by atoms with Gasteiger partial charge in [-0.25, -0.2) is 0 Å². The van der Waals surface area contributed by atoms with Crippen LogP contribution in [0.5, 0.6) is 0 Å². The maximum atomic E-state index is 8.85. The molecule has 0 aliphatic carbocycles. The number of rotatable bonds is 7. The zero-order valence-electron chi connectivity index (χ0n) is 11.4. The van der Waals surface area contributed by atoms with Crippen LogP contribution < -0.4 is 11.1 Å². The smallest absolute Gasteiger partial charge is 0.227 e. The first-order valence-corrected chi connectivity index (χ1v) is 6.32. The molecule has 0 spiro atoms. The molecule has 1 aromatic heterocycles. The quantitative estimate of drug-likeness (QED) is 0.676. The van der Waals surface area contributed by atoms with Gasteiger partial charge in [-0.3, -0.25) is 0 Å². The third-order valence-electron chi connectivity index (χ3n) is 2.75. The molecule has 6 nitrogen and oxygen atoms in total. The fourth-order valence-corrected chi connectivity index (χ4v) is 1.64. The summed E-state index contributed by atoms with van der Waals surface area (Å²) in [7, 11) is 0. The van der Waals surface area contributed by atoms with Crippen molar-refractivity contribution in [3.63, 3.8) is 0 Å². The Balaban J connectivity index is 2.59. The van der Waals surface area contributed by atoms with Gasteiger partial charge in [0.25, 0.3) is 0 Å². The fraction of sp³-hybridized carbons (Fsp3) is 0.750. The Morgan fingerprint density at radius 3 is 2.61 bits per heavy atom. The van der Waals surface area contributed by atoms with Crippen molar-refractivity contribution in [2.75, 3.05) is 24.2 Å². The van der Waals surface area contributed by atoms with Crippen molar-refractivity contribution in [3.05, 3.63) is 5.82 Å². The molecular weight excluding hydrogens is 230 g/mol. The zero-order valence-corrected chi connectivity index (χ0v) is 11.4. The number of aromatic nitrogens is 3. The van der Waals surface area contributed by atoms with Crippen LogP contribution in [0, 0.1) is 5.41 Å². The Kier molecular flexibility index (Phi) is 5.27. The van der Waals surface area contributed by atoms with Gasteiger partial charge in [-0.1, -0.05) is 20.8 Å². The summed E-state index contributed by atoms with van der Waals surface area (Å²) in [5.41, 5.74) is 5.70. The van der Waals surface area contributed by atoms with E-state index in [9.17, 15) is 0 Å². The molecule has 0 fully saturated rings. The Labute approximate surface area is 108 Å². The number of nitrogens with zero attached hydrogens (tertiary/aromatic N) is 3. The topological polar surface area (TPSA) is 97.0 Å². The van der Waals surface area contributed by atoms with Crippen molar-refractivity contribution < 1.29 is 5.11 Å². The second kappa shape index (κ2) is 6.49. The molecule has 0 bridgehead atoms. The maximum absolute atomic E-state index is 8.85. The highest BCUT2D eigenvalue weighted by molar-refractivity contribution is 5.31. The normalized spacial score (nSPS) is 11.6. The van der Waals surface area contributed by atoms with Crippen molar-refractivity contribution in [2.24, 2.45) is 5.41 Å². The summed E-state index contributed by atoms with van der Waals surface area (Å²) in [6.45, 7) is 7.22. The van der Waals surface area contributed by atoms with Gasteiger partial charge in [0.05, 0.1) is 0 Å². The molecule has 6 heteroatoms. The number of aliphatic hydroxyl groups is 1. The van der Waals surface area contributed by atoms with Crippen LogP contribution in [0.25, 0.3) is 0 Å². The van der Waals surface area contributed by atoms with Crippen molar-refractivity contribution in [1.29, 1.82) is 0 Å². The van der Waals surface area contributed by atoms with Gasteiger partial charge in [-0.2, -0.15) is 15.0 Å². The van der Waals surface area contributed by atoms with E-state index in [1.165, 1.54) is 0 Å². The highest BCUT2D eigenvalue weighted by Gasteiger charge is 2.17. The summed E-state index contributed by atoms with van der Waals surface area (Å²) < 4.78 is 0. The Morgan fingerprint density at radius 1 is 1.28 bits per heavy atom. The largest absolute Gasteiger partial charge is 0.396 e. The van der Waals surface area contributed by atoms with Crippen LogP contribution in [0.15, 0.2) is 0 Å². The molecule has 1 rings (SSSR count). The molecular formula is C12H23N5O. The lowest BCUT2D eigenvalue weighted by Gasteiger charge is -2.24. The molecule has 0 aliphatic rings. The van der Waals surface area contributed by atoms with E-state index in [0.29, 0.717) is 11.8 Å². The number of nitrogens with two attached hydrogens (primary N) is 1. The first kappa shape index (κ1) is 14.6. The van der Waals surface area contributed by atoms with E-state index >= 15 is 0 Å². The number of hydrogen-bond acceptors (Lipinski definition) is 6. The second-order valence-corrected chi connectivity index (χ2v) is 5.13. The summed E-state index contributed by atoms with van der Waals surface area (Å²) in [6.07, 6.45) is 2.47. The lowest BCUT2D eigenvalue weighted by molar-refractivity contribution is 0.247. The van der Waals surface area contributed by atoms with Crippen LogP contribution in [0.2, 0.25) is 0 Å². The maximum Gasteiger partial charge on any atom is 0.227 e. The zero-order chi connectivity index (χ0) is 13.6. The summed E-state index contributed by atoms with van der Waals surface area (Å²) in [5, 5.41) is 12.0. The molecule has 0 aromatic carbocycles. The first-order valence-electron chi connectivity index (χ1n) is 6.32. The second-order valence-electron chi connectivity index (χ2n) is 5.13. The first-order chi connectivity index (χ1) is 8.46. The van der Waals surface area contributed by atoms with Crippen LogP contribution >= 0.6 is 0 Å². The number of aryl methyl sites for hydroxylation is 1. The lowest BCUT2D eigenvalue weighted by atomic mass is 9.88. The van der Waals surface area contributed by atoms with Crippen LogP contribution in [0.1, 0.15) is 39.4 Å². The van der Waals surface area contributed by atoms with E-state index in [4.69, 9.17) is 10.8 Å². The van der Waals surface area contributed by atoms with Crippen LogP contribution in [0.4, 0.5) is 11.9 Å². The predicted molar refractivity (Wildman–Crippen MR) is 72.2 cm³/mol. The third-order valence-corrected chi connectivity index (χ3v) is 2.75. The summed E-state index contributed by atoms with van der Waals surface area (Å²) in [5.74, 6) is 1.46. The number of nitrogens with one attached hydrogen (secondary N) is 1. The predicted octanol–water partition coefficient (Wildman–Crippen LogP) is 1.23. The molecule has 4 N–H and O–H groups in total. The average molecular weight is 253 g/mol. The molecule has 0 saturated carbocycles. The Bertz CT molecular complexity index is 381. The van der Waals surface area contributed by atoms with Crippen molar-refractivity contribution in [3.8, 4) is 0 Å². The molecule has 0 radical (unpaired) electrons. The molecule has 1 heterocycles. The van der Waals surface area contributed by atoms with E-state index in [0.717, 1.165) is 25.8 Å². The van der Waals surface area contributed by atoms with Gasteiger partial charge in [0.2, 0.25) is 11.9 Å². The van der Waals surface area contributed by atoms with Gasteiger partial charge in [0.1, 0.15) is 5.82 Å². The fourth-order valence-electron chi connectivity index (χ4n) is 1.64. The number of hydrogen-bond donors (Lipinski definition) is 3.